The molecule has 0 aliphatic heterocycles. The largest absolute Gasteiger partial charge is 0.281 e. The molecule has 2 atom stereocenters. The van der Waals surface area contributed by atoms with Crippen molar-refractivity contribution in [2.24, 2.45) is 5.92 Å². The first-order valence-corrected chi connectivity index (χ1v) is 4.87. The van der Waals surface area contributed by atoms with E-state index >= 15 is 0 Å². The molecule has 0 N–H and O–H groups in total. The highest BCUT2D eigenvalue weighted by Crippen LogP contribution is 2.39. The minimum atomic E-state index is -0.321. The number of rotatable bonds is 1. The third kappa shape index (κ3) is 1.64. The lowest BCUT2D eigenvalue weighted by atomic mass is 9.85. The Hall–Kier alpha value is -0.0800. The van der Waals surface area contributed by atoms with Gasteiger partial charge in [0, 0.05) is 0 Å². The summed E-state index contributed by atoms with van der Waals surface area (Å²) in [5.41, 5.74) is 1.11. The van der Waals surface area contributed by atoms with Crippen LogP contribution < -0.4 is 0 Å². The molecule has 66 valence electrons. The van der Waals surface area contributed by atoms with Crippen LogP contribution in [-0.4, -0.2) is 9.57 Å². The number of carbonyl (C=O) groups is 1. The summed E-state index contributed by atoms with van der Waals surface area (Å²) < 4.78 is -0.319. The molecule has 0 bridgehead atoms. The monoisotopic (exact) mass is 248 g/mol. The Balaban J connectivity index is 3.01. The van der Waals surface area contributed by atoms with E-state index in [0.29, 0.717) is 0 Å². The molecule has 0 aromatic heterocycles. The molecular weight excluding hydrogens is 239 g/mol. The zero-order valence-corrected chi connectivity index (χ0v) is 9.32. The highest BCUT2D eigenvalue weighted by atomic mass is 79.9. The van der Waals surface area contributed by atoms with E-state index in [0.717, 1.165) is 5.57 Å². The Kier molecular flexibility index (Phi) is 2.79. The molecule has 3 heteroatoms. The Morgan fingerprint density at radius 1 is 1.75 bits per heavy atom. The van der Waals surface area contributed by atoms with Crippen molar-refractivity contribution in [2.45, 2.75) is 18.2 Å². The minimum absolute atomic E-state index is 0.260. The smallest absolute Gasteiger partial charge is 0.230 e. The summed E-state index contributed by atoms with van der Waals surface area (Å²) in [5.74, 6) is -0.260. The summed E-state index contributed by atoms with van der Waals surface area (Å²) in [6.07, 6.45) is 5.66. The van der Waals surface area contributed by atoms with Gasteiger partial charge in [-0.25, -0.2) is 0 Å². The van der Waals surface area contributed by atoms with Gasteiger partial charge in [-0.1, -0.05) is 39.7 Å². The Bertz CT molecular complexity index is 266. The summed E-state index contributed by atoms with van der Waals surface area (Å²) in [5, 5.41) is -0.321. The van der Waals surface area contributed by atoms with Crippen molar-refractivity contribution in [1.82, 2.24) is 0 Å². The molecule has 2 unspecified atom stereocenters. The predicted molar refractivity (Wildman–Crippen MR) is 54.6 cm³/mol. The fraction of sp³-hybridized carbons (Fsp3) is 0.444. The molecule has 0 amide bonds. The number of alkyl halides is 1. The maximum Gasteiger partial charge on any atom is 0.230 e. The van der Waals surface area contributed by atoms with Crippen LogP contribution in [-0.2, 0) is 4.79 Å². The summed E-state index contributed by atoms with van der Waals surface area (Å²) in [6, 6.07) is 0. The van der Waals surface area contributed by atoms with Gasteiger partial charge in [0.2, 0.25) is 5.24 Å². The van der Waals surface area contributed by atoms with Gasteiger partial charge in [-0.3, -0.25) is 4.79 Å². The van der Waals surface area contributed by atoms with Crippen molar-refractivity contribution in [1.29, 1.82) is 0 Å². The van der Waals surface area contributed by atoms with Crippen LogP contribution >= 0.6 is 27.5 Å². The molecule has 0 fully saturated rings. The lowest BCUT2D eigenvalue weighted by Gasteiger charge is -2.31. The van der Waals surface area contributed by atoms with Crippen LogP contribution in [0.2, 0.25) is 0 Å². The van der Waals surface area contributed by atoms with Crippen LogP contribution in [0, 0.1) is 5.92 Å². The fourth-order valence-corrected chi connectivity index (χ4v) is 2.10. The molecular formula is C9H10BrClO. The third-order valence-electron chi connectivity index (χ3n) is 2.25. The second-order valence-corrected chi connectivity index (χ2v) is 5.11. The Morgan fingerprint density at radius 2 is 2.33 bits per heavy atom. The first kappa shape index (κ1) is 10.0. The molecule has 0 radical (unpaired) electrons. The van der Waals surface area contributed by atoms with Gasteiger partial charge >= 0.3 is 0 Å². The number of hydrogen-bond acceptors (Lipinski definition) is 1. The van der Waals surface area contributed by atoms with Crippen LogP contribution in [0.4, 0.5) is 0 Å². The number of allylic oxidation sites excluding steroid dienone is 4. The van der Waals surface area contributed by atoms with E-state index in [2.05, 4.69) is 15.9 Å². The van der Waals surface area contributed by atoms with Crippen molar-refractivity contribution in [2.75, 3.05) is 0 Å². The maximum absolute atomic E-state index is 11.0. The fourth-order valence-electron chi connectivity index (χ4n) is 1.19. The topological polar surface area (TPSA) is 17.1 Å². The zero-order chi connectivity index (χ0) is 9.35. The normalized spacial score (nSPS) is 34.7. The van der Waals surface area contributed by atoms with Crippen molar-refractivity contribution < 1.29 is 4.79 Å². The molecule has 0 aromatic carbocycles. The summed E-state index contributed by atoms with van der Waals surface area (Å²) in [4.78, 5) is 11.0. The minimum Gasteiger partial charge on any atom is -0.281 e. The molecule has 0 saturated carbocycles. The number of halogens is 2. The highest BCUT2D eigenvalue weighted by Gasteiger charge is 2.36. The van der Waals surface area contributed by atoms with Crippen molar-refractivity contribution in [3.05, 3.63) is 23.8 Å². The van der Waals surface area contributed by atoms with E-state index in [1.54, 1.807) is 0 Å². The van der Waals surface area contributed by atoms with Gasteiger partial charge < -0.3 is 0 Å². The first-order chi connectivity index (χ1) is 5.46. The molecule has 0 heterocycles. The summed E-state index contributed by atoms with van der Waals surface area (Å²) >= 11 is 8.96. The number of hydrogen-bond donors (Lipinski definition) is 0. The maximum atomic E-state index is 11.0. The highest BCUT2D eigenvalue weighted by molar-refractivity contribution is 9.10. The second-order valence-electron chi connectivity index (χ2n) is 3.09. The van der Waals surface area contributed by atoms with E-state index in [9.17, 15) is 4.79 Å². The molecule has 1 aliphatic rings. The van der Waals surface area contributed by atoms with Crippen molar-refractivity contribution >= 4 is 32.8 Å². The van der Waals surface area contributed by atoms with Crippen molar-refractivity contribution in [3.8, 4) is 0 Å². The van der Waals surface area contributed by atoms with Gasteiger partial charge in [-0.05, 0) is 25.4 Å². The molecule has 1 aliphatic carbocycles. The van der Waals surface area contributed by atoms with Crippen LogP contribution in [0.5, 0.6) is 0 Å². The van der Waals surface area contributed by atoms with Gasteiger partial charge in [-0.15, -0.1) is 0 Å². The van der Waals surface area contributed by atoms with E-state index in [-0.39, 0.29) is 15.5 Å². The third-order valence-corrected chi connectivity index (χ3v) is 3.60. The summed E-state index contributed by atoms with van der Waals surface area (Å²) in [7, 11) is 0. The lowest BCUT2D eigenvalue weighted by molar-refractivity contribution is -0.114. The molecule has 12 heavy (non-hydrogen) atoms. The standard InChI is InChI=1S/C9H10BrClO/c1-6-4-3-5-7(8(11)12)9(6,2)10/h3-5,7H,1-2H3. The zero-order valence-electron chi connectivity index (χ0n) is 6.97. The molecule has 0 aromatic rings. The molecule has 0 spiro atoms. The quantitative estimate of drug-likeness (QED) is 0.516. The van der Waals surface area contributed by atoms with Gasteiger partial charge in [0.1, 0.15) is 0 Å². The van der Waals surface area contributed by atoms with Gasteiger partial charge in [0.15, 0.2) is 0 Å². The van der Waals surface area contributed by atoms with Crippen molar-refractivity contribution in [3.63, 3.8) is 0 Å². The SMILES string of the molecule is CC1=CC=CC(C(=O)Cl)C1(C)Br. The molecule has 1 nitrogen and oxygen atoms in total. The van der Waals surface area contributed by atoms with E-state index in [1.165, 1.54) is 0 Å². The second kappa shape index (κ2) is 3.35. The van der Waals surface area contributed by atoms with Crippen LogP contribution in [0.3, 0.4) is 0 Å². The van der Waals surface area contributed by atoms with Crippen LogP contribution in [0.1, 0.15) is 13.8 Å². The van der Waals surface area contributed by atoms with E-state index in [1.807, 2.05) is 32.1 Å². The van der Waals surface area contributed by atoms with E-state index in [4.69, 9.17) is 11.6 Å². The van der Waals surface area contributed by atoms with Gasteiger partial charge in [0.05, 0.1) is 10.2 Å². The number of carbonyl (C=O) groups excluding carboxylic acids is 1. The average Bonchev–Trinajstić information content (AvgIpc) is 1.94. The molecule has 1 rings (SSSR count). The molecule has 0 saturated heterocycles. The predicted octanol–water partition coefficient (Wildman–Crippen LogP) is 3.04. The Labute approximate surface area is 85.6 Å². The van der Waals surface area contributed by atoms with Crippen LogP contribution in [0.15, 0.2) is 23.8 Å². The summed E-state index contributed by atoms with van der Waals surface area (Å²) in [6.45, 7) is 3.93. The van der Waals surface area contributed by atoms with E-state index < -0.39 is 0 Å². The lowest BCUT2D eigenvalue weighted by Crippen LogP contribution is -2.33. The average molecular weight is 250 g/mol. The van der Waals surface area contributed by atoms with Gasteiger partial charge in [0.25, 0.3) is 0 Å². The van der Waals surface area contributed by atoms with Crippen LogP contribution in [0.25, 0.3) is 0 Å². The Morgan fingerprint density at radius 3 is 2.75 bits per heavy atom. The first-order valence-electron chi connectivity index (χ1n) is 3.70. The van der Waals surface area contributed by atoms with Gasteiger partial charge in [-0.2, -0.15) is 0 Å².